The molecule has 0 radical (unpaired) electrons. The molecule has 1 unspecified atom stereocenters. The lowest BCUT2D eigenvalue weighted by molar-refractivity contribution is 0.137. The SMILES string of the molecule is [N-]=[N+]=NCCCCCCOP(=O)(O)COCCn1cnc2c(N)ncnc21. The number of hydrogen-bond donors (Lipinski definition) is 2. The number of anilines is 1. The number of nitrogen functional groups attached to an aromatic ring is 1. The molecular weight excluding hydrogens is 375 g/mol. The van der Waals surface area contributed by atoms with Gasteiger partial charge in [-0.25, -0.2) is 15.0 Å². The molecule has 0 aliphatic carbocycles. The van der Waals surface area contributed by atoms with Crippen LogP contribution in [0.1, 0.15) is 25.7 Å². The zero-order chi connectivity index (χ0) is 19.5. The molecule has 27 heavy (non-hydrogen) atoms. The van der Waals surface area contributed by atoms with E-state index in [4.69, 9.17) is 20.5 Å². The van der Waals surface area contributed by atoms with Crippen LogP contribution in [0.2, 0.25) is 0 Å². The number of azide groups is 1. The first-order chi connectivity index (χ1) is 13.0. The van der Waals surface area contributed by atoms with Gasteiger partial charge in [0, 0.05) is 18.0 Å². The number of nitrogens with zero attached hydrogens (tertiary/aromatic N) is 7. The summed E-state index contributed by atoms with van der Waals surface area (Å²) in [4.78, 5) is 24.5. The van der Waals surface area contributed by atoms with Gasteiger partial charge in [0.25, 0.3) is 0 Å². The molecule has 0 bridgehead atoms. The van der Waals surface area contributed by atoms with Crippen LogP contribution < -0.4 is 5.73 Å². The van der Waals surface area contributed by atoms with E-state index in [0.29, 0.717) is 36.5 Å². The van der Waals surface area contributed by atoms with E-state index in [-0.39, 0.29) is 19.6 Å². The highest BCUT2D eigenvalue weighted by Crippen LogP contribution is 2.41. The van der Waals surface area contributed by atoms with Gasteiger partial charge in [0.05, 0.1) is 19.5 Å². The molecule has 0 spiro atoms. The second-order valence-corrected chi connectivity index (χ2v) is 7.54. The minimum atomic E-state index is -3.78. The summed E-state index contributed by atoms with van der Waals surface area (Å²) >= 11 is 0. The molecule has 2 aromatic rings. The molecule has 13 heteroatoms. The summed E-state index contributed by atoms with van der Waals surface area (Å²) in [5.41, 5.74) is 15.0. The van der Waals surface area contributed by atoms with Crippen molar-refractivity contribution >= 4 is 24.6 Å². The summed E-state index contributed by atoms with van der Waals surface area (Å²) in [6.07, 6.45) is 5.70. The fraction of sp³-hybridized carbons (Fsp3) is 0.643. The molecule has 12 nitrogen and oxygen atoms in total. The Bertz CT molecular complexity index is 823. The second-order valence-electron chi connectivity index (χ2n) is 5.75. The van der Waals surface area contributed by atoms with Crippen LogP contribution in [0.3, 0.4) is 0 Å². The monoisotopic (exact) mass is 398 g/mol. The Morgan fingerprint density at radius 3 is 2.89 bits per heavy atom. The van der Waals surface area contributed by atoms with Gasteiger partial charge in [-0.15, -0.1) is 0 Å². The number of aromatic nitrogens is 4. The first-order valence-corrected chi connectivity index (χ1v) is 10.3. The maximum Gasteiger partial charge on any atom is 0.353 e. The number of ether oxygens (including phenoxy) is 1. The molecule has 0 fully saturated rings. The van der Waals surface area contributed by atoms with Crippen LogP contribution in [0.4, 0.5) is 5.82 Å². The summed E-state index contributed by atoms with van der Waals surface area (Å²) in [6, 6.07) is 0. The van der Waals surface area contributed by atoms with Gasteiger partial charge in [-0.1, -0.05) is 18.0 Å². The fourth-order valence-electron chi connectivity index (χ4n) is 2.33. The van der Waals surface area contributed by atoms with Gasteiger partial charge < -0.3 is 24.5 Å². The molecule has 2 aromatic heterocycles. The van der Waals surface area contributed by atoms with Crippen LogP contribution in [0.5, 0.6) is 0 Å². The third-order valence-corrected chi connectivity index (χ3v) is 4.76. The van der Waals surface area contributed by atoms with E-state index in [2.05, 4.69) is 25.0 Å². The van der Waals surface area contributed by atoms with E-state index in [9.17, 15) is 9.46 Å². The van der Waals surface area contributed by atoms with Crippen molar-refractivity contribution in [2.75, 3.05) is 31.8 Å². The highest BCUT2D eigenvalue weighted by Gasteiger charge is 2.19. The van der Waals surface area contributed by atoms with E-state index < -0.39 is 7.60 Å². The molecule has 1 atom stereocenters. The first kappa shape index (κ1) is 21.1. The van der Waals surface area contributed by atoms with Gasteiger partial charge in [0.2, 0.25) is 0 Å². The van der Waals surface area contributed by atoms with Crippen molar-refractivity contribution in [1.29, 1.82) is 0 Å². The van der Waals surface area contributed by atoms with Crippen LogP contribution >= 0.6 is 7.60 Å². The summed E-state index contributed by atoms with van der Waals surface area (Å²) < 4.78 is 23.9. The van der Waals surface area contributed by atoms with Crippen LogP contribution in [0, 0.1) is 0 Å². The molecule has 0 saturated heterocycles. The summed E-state index contributed by atoms with van der Waals surface area (Å²) in [5, 5.41) is 3.44. The summed E-state index contributed by atoms with van der Waals surface area (Å²) in [6.45, 7) is 1.25. The van der Waals surface area contributed by atoms with E-state index >= 15 is 0 Å². The Kier molecular flexibility index (Phi) is 8.43. The largest absolute Gasteiger partial charge is 0.382 e. The van der Waals surface area contributed by atoms with E-state index in [0.717, 1.165) is 19.3 Å². The zero-order valence-electron chi connectivity index (χ0n) is 14.8. The van der Waals surface area contributed by atoms with Crippen molar-refractivity contribution in [1.82, 2.24) is 19.5 Å². The Morgan fingerprint density at radius 1 is 1.26 bits per heavy atom. The molecule has 0 saturated carbocycles. The van der Waals surface area contributed by atoms with Crippen molar-refractivity contribution in [3.63, 3.8) is 0 Å². The van der Waals surface area contributed by atoms with Gasteiger partial charge >= 0.3 is 7.60 Å². The zero-order valence-corrected chi connectivity index (χ0v) is 15.7. The molecular formula is C14H23N8O4P. The van der Waals surface area contributed by atoms with Gasteiger partial charge in [-0.3, -0.25) is 4.57 Å². The molecule has 148 valence electrons. The molecule has 0 amide bonds. The lowest BCUT2D eigenvalue weighted by atomic mass is 10.2. The van der Waals surface area contributed by atoms with Crippen LogP contribution in [0.25, 0.3) is 21.6 Å². The average Bonchev–Trinajstić information content (AvgIpc) is 3.05. The number of rotatable bonds is 13. The van der Waals surface area contributed by atoms with Crippen molar-refractivity contribution in [2.24, 2.45) is 5.11 Å². The van der Waals surface area contributed by atoms with Gasteiger partial charge in [0.1, 0.15) is 18.2 Å². The fourth-order valence-corrected chi connectivity index (χ4v) is 3.18. The number of nitrogens with two attached hydrogens (primary N) is 1. The van der Waals surface area contributed by atoms with Crippen LogP contribution in [-0.4, -0.2) is 50.5 Å². The van der Waals surface area contributed by atoms with Gasteiger partial charge in [-0.2, -0.15) is 0 Å². The van der Waals surface area contributed by atoms with E-state index in [1.807, 2.05) is 0 Å². The third-order valence-electron chi connectivity index (χ3n) is 3.67. The first-order valence-electron chi connectivity index (χ1n) is 8.50. The van der Waals surface area contributed by atoms with Crippen molar-refractivity contribution in [3.05, 3.63) is 23.1 Å². The number of hydrogen-bond acceptors (Lipinski definition) is 8. The molecule has 2 rings (SSSR count). The predicted molar refractivity (Wildman–Crippen MR) is 98.8 cm³/mol. The molecule has 0 aromatic carbocycles. The normalized spacial score (nSPS) is 13.4. The lowest BCUT2D eigenvalue weighted by Crippen LogP contribution is -2.08. The Morgan fingerprint density at radius 2 is 2.07 bits per heavy atom. The standard InChI is InChI=1S/C14H23N8O4P/c15-13-12-14(18-9-17-13)22(10-19-12)6-8-25-11-27(23,24)26-7-4-2-1-3-5-20-21-16/h9-10H,1-8,11H2,(H,23,24)(H2,15,17,18). The maximum absolute atomic E-state index is 11.9. The number of fused-ring (bicyclic) bond motifs is 1. The summed E-state index contributed by atoms with van der Waals surface area (Å²) in [7, 11) is -3.78. The van der Waals surface area contributed by atoms with Gasteiger partial charge in [-0.05, 0) is 18.4 Å². The third kappa shape index (κ3) is 7.12. The lowest BCUT2D eigenvalue weighted by Gasteiger charge is -2.12. The smallest absolute Gasteiger partial charge is 0.353 e. The van der Waals surface area contributed by atoms with E-state index in [1.54, 1.807) is 10.9 Å². The minimum absolute atomic E-state index is 0.182. The highest BCUT2D eigenvalue weighted by atomic mass is 31.2. The second kappa shape index (κ2) is 10.8. The molecule has 0 aliphatic heterocycles. The van der Waals surface area contributed by atoms with Crippen molar-refractivity contribution in [2.45, 2.75) is 32.2 Å². The van der Waals surface area contributed by atoms with Crippen molar-refractivity contribution < 1.29 is 18.7 Å². The predicted octanol–water partition coefficient (Wildman–Crippen LogP) is 2.46. The molecule has 0 aliphatic rings. The quantitative estimate of drug-likeness (QED) is 0.170. The number of imidazole rings is 1. The Balaban J connectivity index is 1.61. The molecule has 3 N–H and O–H groups in total. The average molecular weight is 398 g/mol. The van der Waals surface area contributed by atoms with Crippen molar-refractivity contribution in [3.8, 4) is 0 Å². The van der Waals surface area contributed by atoms with Gasteiger partial charge in [0.15, 0.2) is 11.5 Å². The minimum Gasteiger partial charge on any atom is -0.382 e. The molecule has 2 heterocycles. The van der Waals surface area contributed by atoms with Crippen LogP contribution in [-0.2, 0) is 20.4 Å². The van der Waals surface area contributed by atoms with E-state index in [1.165, 1.54) is 6.33 Å². The maximum atomic E-state index is 11.9. The topological polar surface area (TPSA) is 174 Å². The van der Waals surface area contributed by atoms with Crippen LogP contribution in [0.15, 0.2) is 17.8 Å². The summed E-state index contributed by atoms with van der Waals surface area (Å²) in [5.74, 6) is 0.297. The number of unbranched alkanes of at least 4 members (excludes halogenated alkanes) is 3. The highest BCUT2D eigenvalue weighted by molar-refractivity contribution is 7.52. The Labute approximate surface area is 155 Å². The Hall–Kier alpha value is -2.23.